The third-order valence-corrected chi connectivity index (χ3v) is 4.30. The van der Waals surface area contributed by atoms with Crippen molar-refractivity contribution in [3.05, 3.63) is 24.3 Å². The molecule has 1 aliphatic heterocycles. The Balaban J connectivity index is 2.00. The van der Waals surface area contributed by atoms with Crippen molar-refractivity contribution in [2.24, 2.45) is 4.99 Å². The van der Waals surface area contributed by atoms with Gasteiger partial charge in [0, 0.05) is 11.4 Å². The van der Waals surface area contributed by atoms with Crippen molar-refractivity contribution in [2.45, 2.75) is 32.7 Å². The quantitative estimate of drug-likeness (QED) is 0.898. The van der Waals surface area contributed by atoms with Crippen LogP contribution in [0.25, 0.3) is 0 Å². The number of hydrogen-bond acceptors (Lipinski definition) is 4. The summed E-state index contributed by atoms with van der Waals surface area (Å²) in [6, 6.07) is 8.00. The Bertz CT molecular complexity index is 430. The maximum Gasteiger partial charge on any atom is 0.161 e. The smallest absolute Gasteiger partial charge is 0.161 e. The molecule has 1 aromatic rings. The number of rotatable bonds is 4. The fourth-order valence-corrected chi connectivity index (χ4v) is 2.89. The highest BCUT2D eigenvalue weighted by Gasteiger charge is 2.28. The van der Waals surface area contributed by atoms with Crippen molar-refractivity contribution in [1.29, 1.82) is 0 Å². The first-order valence-electron chi connectivity index (χ1n) is 6.38. The highest BCUT2D eigenvalue weighted by molar-refractivity contribution is 8.14. The lowest BCUT2D eigenvalue weighted by Crippen LogP contribution is -2.20. The molecule has 0 aromatic heterocycles. The molecule has 98 valence electrons. The number of nitrogens with one attached hydrogen (secondary N) is 1. The minimum absolute atomic E-state index is 0.0955. The Morgan fingerprint density at radius 3 is 2.61 bits per heavy atom. The summed E-state index contributed by atoms with van der Waals surface area (Å²) >= 11 is 1.79. The third-order valence-electron chi connectivity index (χ3n) is 3.07. The van der Waals surface area contributed by atoms with Crippen molar-refractivity contribution in [3.8, 4) is 5.75 Å². The maximum absolute atomic E-state index is 5.42. The summed E-state index contributed by atoms with van der Waals surface area (Å²) < 4.78 is 5.42. The molecule has 4 heteroatoms. The summed E-state index contributed by atoms with van der Waals surface area (Å²) in [5.74, 6) is 1.96. The zero-order valence-electron chi connectivity index (χ0n) is 11.2. The zero-order valence-corrected chi connectivity index (χ0v) is 12.0. The van der Waals surface area contributed by atoms with Gasteiger partial charge in [0.2, 0.25) is 0 Å². The lowest BCUT2D eigenvalue weighted by Gasteiger charge is -2.15. The Labute approximate surface area is 113 Å². The van der Waals surface area contributed by atoms with Crippen molar-refractivity contribution < 1.29 is 4.74 Å². The van der Waals surface area contributed by atoms with Crippen LogP contribution in [0.5, 0.6) is 5.75 Å². The predicted octanol–water partition coefficient (Wildman–Crippen LogP) is 3.77. The van der Waals surface area contributed by atoms with Crippen molar-refractivity contribution in [2.75, 3.05) is 17.7 Å². The van der Waals surface area contributed by atoms with Gasteiger partial charge in [0.1, 0.15) is 5.75 Å². The van der Waals surface area contributed by atoms with Gasteiger partial charge in [-0.25, -0.2) is 0 Å². The molecule has 18 heavy (non-hydrogen) atoms. The molecule has 1 aromatic carbocycles. The van der Waals surface area contributed by atoms with Gasteiger partial charge in [0.15, 0.2) is 5.17 Å². The summed E-state index contributed by atoms with van der Waals surface area (Å²) in [6.07, 6.45) is 1.08. The molecule has 0 saturated carbocycles. The molecule has 1 heterocycles. The van der Waals surface area contributed by atoms with Crippen molar-refractivity contribution in [1.82, 2.24) is 0 Å². The van der Waals surface area contributed by atoms with Crippen molar-refractivity contribution in [3.63, 3.8) is 0 Å². The Kier molecular flexibility index (Phi) is 4.17. The van der Waals surface area contributed by atoms with E-state index in [0.717, 1.165) is 28.8 Å². The van der Waals surface area contributed by atoms with Crippen LogP contribution < -0.4 is 10.1 Å². The van der Waals surface area contributed by atoms with Gasteiger partial charge in [-0.15, -0.1) is 0 Å². The van der Waals surface area contributed by atoms with Gasteiger partial charge in [0.25, 0.3) is 0 Å². The Morgan fingerprint density at radius 2 is 2.06 bits per heavy atom. The van der Waals surface area contributed by atoms with E-state index in [2.05, 4.69) is 19.2 Å². The molecule has 0 aliphatic carbocycles. The van der Waals surface area contributed by atoms with E-state index in [4.69, 9.17) is 9.73 Å². The zero-order chi connectivity index (χ0) is 13.0. The second kappa shape index (κ2) is 5.65. The first kappa shape index (κ1) is 13.3. The van der Waals surface area contributed by atoms with Gasteiger partial charge in [0.05, 0.1) is 12.1 Å². The van der Waals surface area contributed by atoms with Crippen LogP contribution in [-0.4, -0.2) is 23.1 Å². The van der Waals surface area contributed by atoms with Crippen LogP contribution >= 0.6 is 11.8 Å². The molecule has 1 N–H and O–H groups in total. The largest absolute Gasteiger partial charge is 0.494 e. The van der Waals surface area contributed by atoms with E-state index >= 15 is 0 Å². The van der Waals surface area contributed by atoms with E-state index in [1.54, 1.807) is 11.8 Å². The van der Waals surface area contributed by atoms with Gasteiger partial charge in [-0.1, -0.05) is 18.7 Å². The van der Waals surface area contributed by atoms with E-state index in [9.17, 15) is 0 Å². The molecule has 1 aliphatic rings. The number of thioether (sulfide) groups is 1. The number of hydrogen-bond donors (Lipinski definition) is 1. The fourth-order valence-electron chi connectivity index (χ4n) is 1.70. The van der Waals surface area contributed by atoms with E-state index in [0.29, 0.717) is 6.61 Å². The average Bonchev–Trinajstić information content (AvgIpc) is 2.75. The molecular weight excluding hydrogens is 244 g/mol. The van der Waals surface area contributed by atoms with E-state index in [-0.39, 0.29) is 5.54 Å². The monoisotopic (exact) mass is 264 g/mol. The number of benzene rings is 1. The SMILES string of the molecule is CCOc1ccc(NC2=NC(C)(CC)CS2)cc1. The molecule has 0 bridgehead atoms. The number of aliphatic imine (C=N–C) groups is 1. The standard InChI is InChI=1S/C14H20N2OS/c1-4-14(3)10-18-13(16-14)15-11-6-8-12(9-7-11)17-5-2/h6-9H,4-5,10H2,1-3H3,(H,15,16). The first-order chi connectivity index (χ1) is 8.65. The molecule has 2 rings (SSSR count). The molecule has 0 spiro atoms. The number of amidine groups is 1. The van der Waals surface area contributed by atoms with E-state index < -0.39 is 0 Å². The Morgan fingerprint density at radius 1 is 1.33 bits per heavy atom. The summed E-state index contributed by atoms with van der Waals surface area (Å²) in [4.78, 5) is 4.73. The molecule has 3 nitrogen and oxygen atoms in total. The maximum atomic E-state index is 5.42. The van der Waals surface area contributed by atoms with Gasteiger partial charge < -0.3 is 10.1 Å². The van der Waals surface area contributed by atoms with Crippen LogP contribution in [0.4, 0.5) is 5.69 Å². The summed E-state index contributed by atoms with van der Waals surface area (Å²) in [5.41, 5.74) is 1.16. The Hall–Kier alpha value is -1.16. The van der Waals surface area contributed by atoms with Gasteiger partial charge >= 0.3 is 0 Å². The molecule has 1 unspecified atom stereocenters. The summed E-state index contributed by atoms with van der Waals surface area (Å²) in [6.45, 7) is 7.07. The van der Waals surface area contributed by atoms with Crippen LogP contribution in [0.1, 0.15) is 27.2 Å². The van der Waals surface area contributed by atoms with Crippen LogP contribution in [-0.2, 0) is 0 Å². The molecule has 0 radical (unpaired) electrons. The van der Waals surface area contributed by atoms with Gasteiger partial charge in [-0.05, 0) is 44.5 Å². The van der Waals surface area contributed by atoms with Crippen LogP contribution in [0, 0.1) is 0 Å². The predicted molar refractivity (Wildman–Crippen MR) is 79.8 cm³/mol. The molecule has 0 fully saturated rings. The molecule has 0 amide bonds. The van der Waals surface area contributed by atoms with Gasteiger partial charge in [-0.3, -0.25) is 4.99 Å². The second-order valence-electron chi connectivity index (χ2n) is 4.64. The van der Waals surface area contributed by atoms with Gasteiger partial charge in [-0.2, -0.15) is 0 Å². The highest BCUT2D eigenvalue weighted by Crippen LogP contribution is 2.30. The van der Waals surface area contributed by atoms with E-state index in [1.807, 2.05) is 31.2 Å². The topological polar surface area (TPSA) is 33.6 Å². The number of anilines is 1. The minimum Gasteiger partial charge on any atom is -0.494 e. The minimum atomic E-state index is 0.0955. The number of nitrogens with zero attached hydrogens (tertiary/aromatic N) is 1. The summed E-state index contributed by atoms with van der Waals surface area (Å²) in [5, 5.41) is 4.37. The highest BCUT2D eigenvalue weighted by atomic mass is 32.2. The molecule has 0 saturated heterocycles. The summed E-state index contributed by atoms with van der Waals surface area (Å²) in [7, 11) is 0. The number of ether oxygens (including phenoxy) is 1. The first-order valence-corrected chi connectivity index (χ1v) is 7.36. The molecule has 1 atom stereocenters. The third kappa shape index (κ3) is 3.19. The lowest BCUT2D eigenvalue weighted by atomic mass is 10.0. The average molecular weight is 264 g/mol. The van der Waals surface area contributed by atoms with Crippen LogP contribution in [0.3, 0.4) is 0 Å². The van der Waals surface area contributed by atoms with E-state index in [1.165, 1.54) is 0 Å². The van der Waals surface area contributed by atoms with Crippen LogP contribution in [0.2, 0.25) is 0 Å². The van der Waals surface area contributed by atoms with Crippen molar-refractivity contribution >= 4 is 22.6 Å². The second-order valence-corrected chi connectivity index (χ2v) is 5.60. The molecular formula is C14H20N2OS. The lowest BCUT2D eigenvalue weighted by molar-refractivity contribution is 0.340. The fraction of sp³-hybridized carbons (Fsp3) is 0.500. The normalized spacial score (nSPS) is 22.7. The van der Waals surface area contributed by atoms with Crippen LogP contribution in [0.15, 0.2) is 29.3 Å².